The van der Waals surface area contributed by atoms with Crippen LogP contribution in [0, 0.1) is 18.6 Å². The van der Waals surface area contributed by atoms with Crippen LogP contribution in [0.5, 0.6) is 0 Å². The topological polar surface area (TPSA) is 43.8 Å². The van der Waals surface area contributed by atoms with Crippen molar-refractivity contribution >= 4 is 47.0 Å². The molecule has 1 aromatic heterocycles. The van der Waals surface area contributed by atoms with Gasteiger partial charge in [0.1, 0.15) is 16.6 Å². The maximum Gasteiger partial charge on any atom is 0.194 e. The normalized spacial score (nSPS) is 15.0. The van der Waals surface area contributed by atoms with Gasteiger partial charge in [0, 0.05) is 50.4 Å². The van der Waals surface area contributed by atoms with E-state index in [2.05, 4.69) is 20.2 Å². The van der Waals surface area contributed by atoms with Gasteiger partial charge in [-0.2, -0.15) is 0 Å². The fourth-order valence-corrected chi connectivity index (χ4v) is 3.57. The first kappa shape index (κ1) is 20.8. The highest BCUT2D eigenvalue weighted by Gasteiger charge is 2.22. The second kappa shape index (κ2) is 9.45. The molecule has 0 saturated carbocycles. The quantitative estimate of drug-likeness (QED) is 0.405. The van der Waals surface area contributed by atoms with E-state index in [0.717, 1.165) is 22.7 Å². The third-order valence-electron chi connectivity index (χ3n) is 4.10. The number of nitrogens with zero attached hydrogens (tertiary/aromatic N) is 4. The van der Waals surface area contributed by atoms with Crippen LogP contribution in [0.3, 0.4) is 0 Å². The van der Waals surface area contributed by atoms with Gasteiger partial charge in [-0.1, -0.05) is 0 Å². The number of piperazine rings is 1. The van der Waals surface area contributed by atoms with E-state index in [9.17, 15) is 8.78 Å². The van der Waals surface area contributed by atoms with Crippen LogP contribution in [0.2, 0.25) is 0 Å². The number of benzene rings is 1. The Kier molecular flexibility index (Phi) is 7.56. The second-order valence-corrected chi connectivity index (χ2v) is 6.80. The number of rotatable bonds is 3. The number of anilines is 1. The fraction of sp³-hybridized carbons (Fsp3) is 0.412. The number of thiazole rings is 1. The van der Waals surface area contributed by atoms with Gasteiger partial charge in [-0.3, -0.25) is 4.99 Å². The average Bonchev–Trinajstić information content (AvgIpc) is 3.03. The van der Waals surface area contributed by atoms with Gasteiger partial charge in [0.25, 0.3) is 0 Å². The summed E-state index contributed by atoms with van der Waals surface area (Å²) in [6, 6.07) is 3.57. The van der Waals surface area contributed by atoms with Crippen molar-refractivity contribution < 1.29 is 8.78 Å². The molecule has 0 spiro atoms. The number of nitrogens with one attached hydrogen (secondary N) is 1. The van der Waals surface area contributed by atoms with Crippen LogP contribution in [0.25, 0.3) is 0 Å². The fourth-order valence-electron chi connectivity index (χ4n) is 2.86. The lowest BCUT2D eigenvalue weighted by molar-refractivity contribution is 0.370. The standard InChI is InChI=1S/C17H21F2N5S.HI/c1-12-11-25-16(22-12)10-21-17(20-2)24-7-5-23(6-8-24)15-9-13(18)3-4-14(15)19;/h3-4,9,11H,5-8,10H2,1-2H3,(H,20,21);1H. The van der Waals surface area contributed by atoms with Gasteiger partial charge in [0.05, 0.1) is 12.2 Å². The van der Waals surface area contributed by atoms with Gasteiger partial charge < -0.3 is 15.1 Å². The number of hydrogen-bond donors (Lipinski definition) is 1. The second-order valence-electron chi connectivity index (χ2n) is 5.85. The van der Waals surface area contributed by atoms with E-state index in [1.165, 1.54) is 12.1 Å². The van der Waals surface area contributed by atoms with E-state index in [0.29, 0.717) is 38.4 Å². The molecule has 1 aliphatic heterocycles. The van der Waals surface area contributed by atoms with Gasteiger partial charge in [0.15, 0.2) is 5.96 Å². The highest BCUT2D eigenvalue weighted by atomic mass is 127. The zero-order valence-electron chi connectivity index (χ0n) is 14.7. The van der Waals surface area contributed by atoms with E-state index in [1.54, 1.807) is 18.4 Å². The Bertz CT molecular complexity index is 759. The molecular formula is C17H22F2IN5S. The molecule has 1 fully saturated rings. The summed E-state index contributed by atoms with van der Waals surface area (Å²) in [6.45, 7) is 5.19. The third-order valence-corrected chi connectivity index (χ3v) is 5.07. The van der Waals surface area contributed by atoms with Crippen LogP contribution in [0.15, 0.2) is 28.6 Å². The lowest BCUT2D eigenvalue weighted by atomic mass is 10.2. The molecule has 0 radical (unpaired) electrons. The number of aryl methyl sites for hydroxylation is 1. The molecule has 1 aliphatic rings. The summed E-state index contributed by atoms with van der Waals surface area (Å²) in [4.78, 5) is 12.7. The van der Waals surface area contributed by atoms with Crippen LogP contribution < -0.4 is 10.2 Å². The van der Waals surface area contributed by atoms with Gasteiger partial charge in [-0.25, -0.2) is 13.8 Å². The molecule has 0 bridgehead atoms. The lowest BCUT2D eigenvalue weighted by Gasteiger charge is -2.37. The molecule has 142 valence electrons. The summed E-state index contributed by atoms with van der Waals surface area (Å²) < 4.78 is 27.3. The van der Waals surface area contributed by atoms with Crippen LogP contribution in [0.1, 0.15) is 10.7 Å². The lowest BCUT2D eigenvalue weighted by Crippen LogP contribution is -2.52. The third kappa shape index (κ3) is 5.03. The van der Waals surface area contributed by atoms with E-state index < -0.39 is 11.6 Å². The Morgan fingerprint density at radius 3 is 2.62 bits per heavy atom. The molecule has 2 aromatic rings. The minimum atomic E-state index is -0.421. The van der Waals surface area contributed by atoms with Crippen molar-refractivity contribution in [3.8, 4) is 0 Å². The smallest absolute Gasteiger partial charge is 0.194 e. The summed E-state index contributed by atoms with van der Waals surface area (Å²) in [6.07, 6.45) is 0. The predicted octanol–water partition coefficient (Wildman–Crippen LogP) is 3.25. The first-order valence-corrected chi connectivity index (χ1v) is 9.01. The summed E-state index contributed by atoms with van der Waals surface area (Å²) in [5, 5.41) is 6.35. The predicted molar refractivity (Wildman–Crippen MR) is 113 cm³/mol. The number of aromatic nitrogens is 1. The van der Waals surface area contributed by atoms with E-state index in [-0.39, 0.29) is 24.0 Å². The molecule has 0 unspecified atom stereocenters. The molecule has 0 aliphatic carbocycles. The van der Waals surface area contributed by atoms with Crippen LogP contribution in [-0.2, 0) is 6.54 Å². The molecule has 26 heavy (non-hydrogen) atoms. The molecule has 2 heterocycles. The van der Waals surface area contributed by atoms with Crippen LogP contribution in [-0.4, -0.2) is 49.1 Å². The van der Waals surface area contributed by atoms with Crippen LogP contribution in [0.4, 0.5) is 14.5 Å². The molecule has 1 saturated heterocycles. The molecule has 0 amide bonds. The number of guanidine groups is 1. The van der Waals surface area contributed by atoms with E-state index >= 15 is 0 Å². The monoisotopic (exact) mass is 493 g/mol. The summed E-state index contributed by atoms with van der Waals surface area (Å²) in [5.41, 5.74) is 1.34. The molecular weight excluding hydrogens is 471 g/mol. The van der Waals surface area contributed by atoms with Crippen molar-refractivity contribution in [2.75, 3.05) is 38.1 Å². The zero-order valence-corrected chi connectivity index (χ0v) is 17.9. The summed E-state index contributed by atoms with van der Waals surface area (Å²) in [7, 11) is 1.74. The van der Waals surface area contributed by atoms with Crippen LogP contribution >= 0.6 is 35.3 Å². The Balaban J connectivity index is 0.00000243. The summed E-state index contributed by atoms with van der Waals surface area (Å²) in [5.74, 6) is -0.0150. The molecule has 1 aromatic carbocycles. The molecule has 0 atom stereocenters. The van der Waals surface area contributed by atoms with Gasteiger partial charge >= 0.3 is 0 Å². The average molecular weight is 493 g/mol. The molecule has 5 nitrogen and oxygen atoms in total. The van der Waals surface area contributed by atoms with Crippen molar-refractivity contribution in [1.82, 2.24) is 15.2 Å². The molecule has 9 heteroatoms. The maximum absolute atomic E-state index is 13.9. The van der Waals surface area contributed by atoms with Crippen molar-refractivity contribution in [3.63, 3.8) is 0 Å². The van der Waals surface area contributed by atoms with Crippen molar-refractivity contribution in [2.45, 2.75) is 13.5 Å². The minimum absolute atomic E-state index is 0. The largest absolute Gasteiger partial charge is 0.366 e. The van der Waals surface area contributed by atoms with Gasteiger partial charge in [0.2, 0.25) is 0 Å². The zero-order chi connectivity index (χ0) is 17.8. The minimum Gasteiger partial charge on any atom is -0.366 e. The maximum atomic E-state index is 13.9. The molecule has 1 N–H and O–H groups in total. The van der Waals surface area contributed by atoms with Crippen molar-refractivity contribution in [1.29, 1.82) is 0 Å². The first-order chi connectivity index (χ1) is 12.1. The number of halogens is 3. The van der Waals surface area contributed by atoms with Crippen molar-refractivity contribution in [3.05, 3.63) is 45.9 Å². The summed E-state index contributed by atoms with van der Waals surface area (Å²) >= 11 is 1.62. The highest BCUT2D eigenvalue weighted by molar-refractivity contribution is 14.0. The SMILES string of the molecule is CN=C(NCc1nc(C)cs1)N1CCN(c2cc(F)ccc2F)CC1.I. The Hall–Kier alpha value is -1.49. The Morgan fingerprint density at radius 1 is 1.27 bits per heavy atom. The van der Waals surface area contributed by atoms with Crippen molar-refractivity contribution in [2.24, 2.45) is 4.99 Å². The van der Waals surface area contributed by atoms with E-state index in [1.807, 2.05) is 17.2 Å². The van der Waals surface area contributed by atoms with Gasteiger partial charge in [-0.15, -0.1) is 35.3 Å². The van der Waals surface area contributed by atoms with E-state index in [4.69, 9.17) is 0 Å². The Labute approximate surface area is 173 Å². The van der Waals surface area contributed by atoms with Gasteiger partial charge in [-0.05, 0) is 19.1 Å². The highest BCUT2D eigenvalue weighted by Crippen LogP contribution is 2.22. The number of hydrogen-bond acceptors (Lipinski definition) is 4. The number of aliphatic imine (C=N–C) groups is 1. The first-order valence-electron chi connectivity index (χ1n) is 8.13. The Morgan fingerprint density at radius 2 is 2.00 bits per heavy atom. The molecule has 3 rings (SSSR count).